The van der Waals surface area contributed by atoms with E-state index in [9.17, 15) is 4.79 Å². The van der Waals surface area contributed by atoms with Crippen molar-refractivity contribution in [1.29, 1.82) is 0 Å². The second-order valence-electron chi connectivity index (χ2n) is 2.52. The summed E-state index contributed by atoms with van der Waals surface area (Å²) in [5.74, 6) is 0.584. The zero-order valence-corrected chi connectivity index (χ0v) is 9.77. The second-order valence-corrected chi connectivity index (χ2v) is 3.28. The molecular weight excluding hydrogens is 295 g/mol. The smallest absolute Gasteiger partial charge is 0.315 e. The van der Waals surface area contributed by atoms with Crippen LogP contribution in [0.5, 0.6) is 5.75 Å². The van der Waals surface area contributed by atoms with Gasteiger partial charge in [-0.3, -0.25) is 4.79 Å². The summed E-state index contributed by atoms with van der Waals surface area (Å²) >= 11 is 1.96. The van der Waals surface area contributed by atoms with Gasteiger partial charge in [0, 0.05) is 0 Å². The number of carbonyl (C=O) groups is 1. The Morgan fingerprint density at radius 2 is 1.93 bits per heavy atom. The molecule has 0 heterocycles. The van der Waals surface area contributed by atoms with E-state index in [-0.39, 0.29) is 5.97 Å². The van der Waals surface area contributed by atoms with Crippen LogP contribution >= 0.6 is 22.6 Å². The monoisotopic (exact) mass is 306 g/mol. The normalized spacial score (nSPS) is 9.50. The molecule has 0 atom stereocenters. The first kappa shape index (κ1) is 11.3. The molecule has 0 aromatic heterocycles. The highest BCUT2D eigenvalue weighted by Crippen LogP contribution is 2.07. The Kier molecular flexibility index (Phi) is 5.36. The Bertz CT molecular complexity index is 274. The van der Waals surface area contributed by atoms with Crippen molar-refractivity contribution in [3.05, 3.63) is 30.3 Å². The Hall–Kier alpha value is -0.780. The summed E-state index contributed by atoms with van der Waals surface area (Å²) in [5.41, 5.74) is 0. The first-order valence-electron chi connectivity index (χ1n) is 4.22. The number of para-hydroxylation sites is 1. The van der Waals surface area contributed by atoms with Crippen molar-refractivity contribution in [2.24, 2.45) is 0 Å². The third kappa shape index (κ3) is 4.45. The lowest BCUT2D eigenvalue weighted by Gasteiger charge is -2.05. The minimum absolute atomic E-state index is 0.206. The van der Waals surface area contributed by atoms with Crippen LogP contribution in [0.3, 0.4) is 0 Å². The lowest BCUT2D eigenvalue weighted by atomic mass is 10.3. The molecule has 76 valence electrons. The lowest BCUT2D eigenvalue weighted by Crippen LogP contribution is -2.12. The Morgan fingerprint density at radius 3 is 2.57 bits per heavy atom. The van der Waals surface area contributed by atoms with Crippen LogP contribution in [0.15, 0.2) is 30.3 Å². The molecule has 1 rings (SSSR count). The number of hydrogen-bond acceptors (Lipinski definition) is 3. The minimum atomic E-state index is -0.206. The van der Waals surface area contributed by atoms with E-state index >= 15 is 0 Å². The maximum atomic E-state index is 10.7. The molecule has 0 saturated heterocycles. The summed E-state index contributed by atoms with van der Waals surface area (Å²) < 4.78 is 10.5. The molecule has 0 aliphatic heterocycles. The largest absolute Gasteiger partial charge is 0.490 e. The van der Waals surface area contributed by atoms with Gasteiger partial charge in [-0.2, -0.15) is 0 Å². The van der Waals surface area contributed by atoms with E-state index in [1.165, 1.54) is 0 Å². The average molecular weight is 306 g/mol. The molecule has 0 unspecified atom stereocenters. The Balaban J connectivity index is 2.13. The zero-order valence-electron chi connectivity index (χ0n) is 7.61. The quantitative estimate of drug-likeness (QED) is 0.361. The Morgan fingerprint density at radius 1 is 1.21 bits per heavy atom. The number of alkyl halides is 1. The fraction of sp³-hybridized carbons (Fsp3) is 0.300. The van der Waals surface area contributed by atoms with Gasteiger partial charge in [0.1, 0.15) is 19.0 Å². The van der Waals surface area contributed by atoms with Gasteiger partial charge in [-0.05, 0) is 12.1 Å². The molecule has 0 aliphatic rings. The molecular formula is C10H11IO3. The van der Waals surface area contributed by atoms with E-state index in [1.54, 1.807) is 0 Å². The molecule has 3 nitrogen and oxygen atoms in total. The molecule has 0 radical (unpaired) electrons. The van der Waals surface area contributed by atoms with E-state index in [2.05, 4.69) is 0 Å². The van der Waals surface area contributed by atoms with Crippen LogP contribution in [0.4, 0.5) is 0 Å². The lowest BCUT2D eigenvalue weighted by molar-refractivity contribution is -0.140. The van der Waals surface area contributed by atoms with Crippen LogP contribution in [-0.4, -0.2) is 23.6 Å². The number of rotatable bonds is 5. The predicted octanol–water partition coefficient (Wildman–Crippen LogP) is 2.04. The topological polar surface area (TPSA) is 35.5 Å². The molecule has 0 aliphatic carbocycles. The van der Waals surface area contributed by atoms with Crippen LogP contribution in [0.2, 0.25) is 0 Å². The fourth-order valence-electron chi connectivity index (χ4n) is 0.870. The molecule has 0 amide bonds. The first-order chi connectivity index (χ1) is 6.83. The number of halogens is 1. The van der Waals surface area contributed by atoms with Crippen LogP contribution < -0.4 is 4.74 Å². The SMILES string of the molecule is O=C(CI)OCCOc1ccccc1. The van der Waals surface area contributed by atoms with Gasteiger partial charge in [0.2, 0.25) is 0 Å². The van der Waals surface area contributed by atoms with Gasteiger partial charge in [0.05, 0.1) is 4.43 Å². The molecule has 1 aromatic rings. The van der Waals surface area contributed by atoms with Crippen molar-refractivity contribution in [2.75, 3.05) is 17.6 Å². The standard InChI is InChI=1S/C10H11IO3/c11-8-10(12)14-7-6-13-9-4-2-1-3-5-9/h1-5H,6-8H2. The maximum Gasteiger partial charge on any atom is 0.315 e. The highest BCUT2D eigenvalue weighted by atomic mass is 127. The molecule has 0 spiro atoms. The number of hydrogen-bond donors (Lipinski definition) is 0. The van der Waals surface area contributed by atoms with Crippen LogP contribution in [0.25, 0.3) is 0 Å². The highest BCUT2D eigenvalue weighted by molar-refractivity contribution is 14.1. The zero-order chi connectivity index (χ0) is 10.2. The molecule has 0 fully saturated rings. The van der Waals surface area contributed by atoms with Crippen molar-refractivity contribution in [3.63, 3.8) is 0 Å². The van der Waals surface area contributed by atoms with E-state index < -0.39 is 0 Å². The molecule has 1 aromatic carbocycles. The number of benzene rings is 1. The fourth-order valence-corrected chi connectivity index (χ4v) is 1.09. The van der Waals surface area contributed by atoms with Crippen LogP contribution in [0, 0.1) is 0 Å². The van der Waals surface area contributed by atoms with E-state index in [0.717, 1.165) is 5.75 Å². The number of carbonyl (C=O) groups excluding carboxylic acids is 1. The molecule has 0 saturated carbocycles. The van der Waals surface area contributed by atoms with Gasteiger partial charge in [0.25, 0.3) is 0 Å². The van der Waals surface area contributed by atoms with Crippen molar-refractivity contribution in [3.8, 4) is 5.75 Å². The van der Waals surface area contributed by atoms with Gasteiger partial charge < -0.3 is 9.47 Å². The minimum Gasteiger partial charge on any atom is -0.490 e. The van der Waals surface area contributed by atoms with Gasteiger partial charge in [-0.1, -0.05) is 40.8 Å². The van der Waals surface area contributed by atoms with Crippen LogP contribution in [-0.2, 0) is 9.53 Å². The third-order valence-corrected chi connectivity index (χ3v) is 2.09. The summed E-state index contributed by atoms with van der Waals surface area (Å²) in [6.07, 6.45) is 0. The molecule has 0 N–H and O–H groups in total. The van der Waals surface area contributed by atoms with Crippen molar-refractivity contribution in [2.45, 2.75) is 0 Å². The van der Waals surface area contributed by atoms with E-state index in [4.69, 9.17) is 9.47 Å². The van der Waals surface area contributed by atoms with E-state index in [0.29, 0.717) is 17.6 Å². The predicted molar refractivity (Wildman–Crippen MR) is 61.8 cm³/mol. The van der Waals surface area contributed by atoms with E-state index in [1.807, 2.05) is 52.9 Å². The summed E-state index contributed by atoms with van der Waals surface area (Å²) in [6, 6.07) is 9.43. The van der Waals surface area contributed by atoms with Crippen molar-refractivity contribution < 1.29 is 14.3 Å². The summed E-state index contributed by atoms with van der Waals surface area (Å²) in [5, 5.41) is 0. The Labute approximate surface area is 96.5 Å². The average Bonchev–Trinajstić information content (AvgIpc) is 2.25. The molecule has 14 heavy (non-hydrogen) atoms. The maximum absolute atomic E-state index is 10.7. The van der Waals surface area contributed by atoms with Gasteiger partial charge in [-0.15, -0.1) is 0 Å². The summed E-state index contributed by atoms with van der Waals surface area (Å²) in [7, 11) is 0. The molecule has 0 bridgehead atoms. The summed E-state index contributed by atoms with van der Waals surface area (Å²) in [6.45, 7) is 0.698. The van der Waals surface area contributed by atoms with Gasteiger partial charge >= 0.3 is 5.97 Å². The highest BCUT2D eigenvalue weighted by Gasteiger charge is 1.98. The van der Waals surface area contributed by atoms with Crippen LogP contribution in [0.1, 0.15) is 0 Å². The summed E-state index contributed by atoms with van der Waals surface area (Å²) in [4.78, 5) is 10.7. The van der Waals surface area contributed by atoms with Gasteiger partial charge in [-0.25, -0.2) is 0 Å². The number of ether oxygens (including phenoxy) is 2. The van der Waals surface area contributed by atoms with Crippen molar-refractivity contribution >= 4 is 28.6 Å². The first-order valence-corrected chi connectivity index (χ1v) is 5.75. The second kappa shape index (κ2) is 6.64. The van der Waals surface area contributed by atoms with Gasteiger partial charge in [0.15, 0.2) is 0 Å². The van der Waals surface area contributed by atoms with Crippen molar-refractivity contribution in [1.82, 2.24) is 0 Å². The third-order valence-electron chi connectivity index (χ3n) is 1.47. The number of esters is 1. The molecule has 4 heteroatoms.